The Morgan fingerprint density at radius 3 is 1.46 bits per heavy atom. The Hall–Kier alpha value is -6.82. The Bertz CT molecular complexity index is 2800. The lowest BCUT2D eigenvalue weighted by Gasteiger charge is -2.30. The van der Waals surface area contributed by atoms with Gasteiger partial charge in [0.1, 0.15) is 11.5 Å². The molecule has 272 valence electrons. The van der Waals surface area contributed by atoms with E-state index in [1.165, 1.54) is 59.2 Å². The highest BCUT2D eigenvalue weighted by atomic mass is 32.1. The summed E-state index contributed by atoms with van der Waals surface area (Å²) in [6.45, 7) is 0. The minimum atomic E-state index is -0.0909. The Morgan fingerprint density at radius 2 is 0.895 bits per heavy atom. The van der Waals surface area contributed by atoms with Crippen molar-refractivity contribution < 1.29 is 9.47 Å². The summed E-state index contributed by atoms with van der Waals surface area (Å²) in [5, 5.41) is 2.53. The number of fused-ring (bicyclic) bond motifs is 10. The van der Waals surface area contributed by atoms with E-state index in [1.807, 2.05) is 11.3 Å². The monoisotopic (exact) mass is 752 g/mol. The van der Waals surface area contributed by atoms with Gasteiger partial charge in [-0.05, 0) is 89.0 Å². The van der Waals surface area contributed by atoms with Crippen molar-refractivity contribution in [2.24, 2.45) is 0 Å². The number of anilines is 4. The standard InChI is InChI=1S/C52H36N2O2S/c1-3-11-33(12-4-1)35-19-23-37(24-20-35)53(38-25-21-36(22-26-38)34-13-5-2-6-14-34)40-27-29-41-44-31-39(28-30-47(44)57-48(41)32-40)54-49-42-15-7-9-17-45(42)55-51(49)52-50(54)43-16-8-10-18-46(43)56-52/h1-32,49-52H. The van der Waals surface area contributed by atoms with Crippen LogP contribution in [0.15, 0.2) is 194 Å². The number of hydrogen-bond acceptors (Lipinski definition) is 5. The number of para-hydroxylation sites is 2. The summed E-state index contributed by atoms with van der Waals surface area (Å²) in [5.74, 6) is 1.91. The predicted molar refractivity (Wildman–Crippen MR) is 235 cm³/mol. The molecule has 0 saturated carbocycles. The van der Waals surface area contributed by atoms with Gasteiger partial charge in [0, 0.05) is 54.0 Å². The number of ether oxygens (including phenoxy) is 2. The van der Waals surface area contributed by atoms with Crippen LogP contribution in [0.4, 0.5) is 22.7 Å². The molecular weight excluding hydrogens is 717 g/mol. The molecule has 1 aromatic heterocycles. The molecule has 4 unspecified atom stereocenters. The summed E-state index contributed by atoms with van der Waals surface area (Å²) in [5.41, 5.74) is 11.8. The zero-order valence-electron chi connectivity index (χ0n) is 30.9. The molecule has 1 saturated heterocycles. The lowest BCUT2D eigenvalue weighted by molar-refractivity contribution is 0.0907. The number of rotatable bonds is 6. The predicted octanol–water partition coefficient (Wildman–Crippen LogP) is 13.7. The normalized spacial score (nSPS) is 18.8. The molecule has 1 fully saturated rings. The molecule has 0 N–H and O–H groups in total. The summed E-state index contributed by atoms with van der Waals surface area (Å²) in [6, 6.07) is 70.1. The average Bonchev–Trinajstić information content (AvgIpc) is 4.03. The third kappa shape index (κ3) is 5.19. The van der Waals surface area contributed by atoms with E-state index < -0.39 is 0 Å². The van der Waals surface area contributed by atoms with Crippen molar-refractivity contribution >= 4 is 54.3 Å². The van der Waals surface area contributed by atoms with Crippen LogP contribution in [0, 0.1) is 0 Å². The first-order valence-electron chi connectivity index (χ1n) is 19.6. The summed E-state index contributed by atoms with van der Waals surface area (Å²) in [4.78, 5) is 4.95. The van der Waals surface area contributed by atoms with Crippen LogP contribution in [-0.2, 0) is 0 Å². The zero-order chi connectivity index (χ0) is 37.5. The van der Waals surface area contributed by atoms with Crippen molar-refractivity contribution in [2.75, 3.05) is 9.80 Å². The van der Waals surface area contributed by atoms with E-state index in [-0.39, 0.29) is 24.3 Å². The Morgan fingerprint density at radius 1 is 0.404 bits per heavy atom. The lowest BCUT2D eigenvalue weighted by Crippen LogP contribution is -2.31. The maximum atomic E-state index is 6.67. The fraction of sp³-hybridized carbons (Fsp3) is 0.0769. The van der Waals surface area contributed by atoms with Crippen molar-refractivity contribution in [3.63, 3.8) is 0 Å². The van der Waals surface area contributed by atoms with Gasteiger partial charge >= 0.3 is 0 Å². The lowest BCUT2D eigenvalue weighted by atomic mass is 10.0. The SMILES string of the molecule is c1ccc(-c2ccc(N(c3ccc(-c4ccccc4)cc3)c3ccc4c(c3)sc3ccc(N5C6c7ccccc7OC6C6Oc7ccccc7C65)cc34)cc2)cc1. The smallest absolute Gasteiger partial charge is 0.162 e. The molecule has 0 bridgehead atoms. The van der Waals surface area contributed by atoms with Gasteiger partial charge in [-0.3, -0.25) is 0 Å². The summed E-state index contributed by atoms with van der Waals surface area (Å²) in [6.07, 6.45) is -0.182. The van der Waals surface area contributed by atoms with Crippen LogP contribution in [-0.4, -0.2) is 12.2 Å². The molecule has 3 aliphatic rings. The number of thiophene rings is 1. The summed E-state index contributed by atoms with van der Waals surface area (Å²) in [7, 11) is 0. The maximum absolute atomic E-state index is 6.67. The minimum absolute atomic E-state index is 0.0635. The third-order valence-corrected chi connectivity index (χ3v) is 13.1. The molecule has 12 rings (SSSR count). The highest BCUT2D eigenvalue weighted by molar-refractivity contribution is 7.25. The first-order chi connectivity index (χ1) is 28.2. The van der Waals surface area contributed by atoms with Crippen molar-refractivity contribution in [2.45, 2.75) is 24.3 Å². The quantitative estimate of drug-likeness (QED) is 0.169. The topological polar surface area (TPSA) is 24.9 Å². The van der Waals surface area contributed by atoms with E-state index in [9.17, 15) is 0 Å². The molecule has 8 aromatic carbocycles. The number of nitrogens with zero attached hydrogens (tertiary/aromatic N) is 2. The van der Waals surface area contributed by atoms with Gasteiger partial charge in [-0.2, -0.15) is 0 Å². The van der Waals surface area contributed by atoms with E-state index in [0.717, 1.165) is 28.6 Å². The average molecular weight is 753 g/mol. The van der Waals surface area contributed by atoms with Crippen LogP contribution in [0.2, 0.25) is 0 Å². The van der Waals surface area contributed by atoms with Crippen LogP contribution in [0.3, 0.4) is 0 Å². The highest BCUT2D eigenvalue weighted by Crippen LogP contribution is 2.59. The van der Waals surface area contributed by atoms with Crippen LogP contribution in [0.25, 0.3) is 42.4 Å². The maximum Gasteiger partial charge on any atom is 0.162 e. The molecule has 9 aromatic rings. The van der Waals surface area contributed by atoms with Crippen LogP contribution in [0.1, 0.15) is 23.2 Å². The van der Waals surface area contributed by atoms with E-state index in [4.69, 9.17) is 9.47 Å². The number of benzene rings is 8. The van der Waals surface area contributed by atoms with Crippen molar-refractivity contribution in [3.05, 3.63) is 205 Å². The molecule has 4 nitrogen and oxygen atoms in total. The molecule has 5 heteroatoms. The molecule has 4 atom stereocenters. The van der Waals surface area contributed by atoms with E-state index >= 15 is 0 Å². The van der Waals surface area contributed by atoms with Crippen molar-refractivity contribution in [1.29, 1.82) is 0 Å². The molecular formula is C52H36N2O2S. The largest absolute Gasteiger partial charge is 0.484 e. The molecule has 0 amide bonds. The first kappa shape index (κ1) is 32.4. The Kier molecular flexibility index (Phi) is 7.32. The summed E-state index contributed by atoms with van der Waals surface area (Å²) < 4.78 is 15.9. The van der Waals surface area contributed by atoms with Crippen LogP contribution in [0.5, 0.6) is 11.5 Å². The summed E-state index contributed by atoms with van der Waals surface area (Å²) >= 11 is 1.86. The second kappa shape index (κ2) is 12.9. The molecule has 0 aliphatic carbocycles. The van der Waals surface area contributed by atoms with Gasteiger partial charge in [0.15, 0.2) is 12.2 Å². The van der Waals surface area contributed by atoms with E-state index in [0.29, 0.717) is 0 Å². The molecule has 4 heterocycles. The first-order valence-corrected chi connectivity index (χ1v) is 20.4. The van der Waals surface area contributed by atoms with Gasteiger partial charge in [0.2, 0.25) is 0 Å². The Labute approximate surface area is 335 Å². The van der Waals surface area contributed by atoms with Gasteiger partial charge in [0.25, 0.3) is 0 Å². The Balaban J connectivity index is 0.956. The fourth-order valence-electron chi connectivity index (χ4n) is 9.41. The van der Waals surface area contributed by atoms with E-state index in [2.05, 4.69) is 204 Å². The molecule has 57 heavy (non-hydrogen) atoms. The number of hydrogen-bond donors (Lipinski definition) is 0. The minimum Gasteiger partial charge on any atom is -0.484 e. The van der Waals surface area contributed by atoms with Crippen molar-refractivity contribution in [3.8, 4) is 33.8 Å². The van der Waals surface area contributed by atoms with Gasteiger partial charge in [0.05, 0.1) is 12.1 Å². The van der Waals surface area contributed by atoms with E-state index in [1.54, 1.807) is 0 Å². The molecule has 0 spiro atoms. The van der Waals surface area contributed by atoms with Crippen LogP contribution >= 0.6 is 11.3 Å². The van der Waals surface area contributed by atoms with Crippen molar-refractivity contribution in [1.82, 2.24) is 0 Å². The van der Waals surface area contributed by atoms with Crippen LogP contribution < -0.4 is 19.3 Å². The highest BCUT2D eigenvalue weighted by Gasteiger charge is 2.59. The second-order valence-electron chi connectivity index (χ2n) is 15.2. The zero-order valence-corrected chi connectivity index (χ0v) is 31.7. The molecule has 3 aliphatic heterocycles. The van der Waals surface area contributed by atoms with Gasteiger partial charge < -0.3 is 19.3 Å². The second-order valence-corrected chi connectivity index (χ2v) is 16.2. The van der Waals surface area contributed by atoms with Gasteiger partial charge in [-0.25, -0.2) is 0 Å². The molecule has 0 radical (unpaired) electrons. The third-order valence-electron chi connectivity index (χ3n) is 12.0. The van der Waals surface area contributed by atoms with Gasteiger partial charge in [-0.15, -0.1) is 11.3 Å². The van der Waals surface area contributed by atoms with Gasteiger partial charge in [-0.1, -0.05) is 127 Å². The fourth-order valence-corrected chi connectivity index (χ4v) is 10.5.